The van der Waals surface area contributed by atoms with Crippen molar-refractivity contribution in [2.75, 3.05) is 13.1 Å². The Balaban J connectivity index is 2.10. The maximum Gasteiger partial charge on any atom is 0.207 e. The summed E-state index contributed by atoms with van der Waals surface area (Å²) in [4.78, 5) is 0. The van der Waals surface area contributed by atoms with Gasteiger partial charge in [-0.3, -0.25) is 0 Å². The molecule has 1 aliphatic heterocycles. The van der Waals surface area contributed by atoms with Crippen LogP contribution in [0.25, 0.3) is 0 Å². The average Bonchev–Trinajstić information content (AvgIpc) is 2.63. The monoisotopic (exact) mass is 357 g/mol. The number of hydrogen-bond acceptors (Lipinski definition) is 2. The van der Waals surface area contributed by atoms with Crippen molar-refractivity contribution in [2.24, 2.45) is 0 Å². The van der Waals surface area contributed by atoms with Crippen LogP contribution in [-0.4, -0.2) is 13.1 Å². The van der Waals surface area contributed by atoms with Crippen LogP contribution in [-0.2, 0) is 5.60 Å². The molecule has 134 valence electrons. The summed E-state index contributed by atoms with van der Waals surface area (Å²) >= 11 is 0. The highest BCUT2D eigenvalue weighted by molar-refractivity contribution is 5.34. The fourth-order valence-corrected chi connectivity index (χ4v) is 3.01. The summed E-state index contributed by atoms with van der Waals surface area (Å²) in [6, 6.07) is 7.10. The Morgan fingerprint density at radius 3 is 1.80 bits per heavy atom. The van der Waals surface area contributed by atoms with Gasteiger partial charge in [0.25, 0.3) is 0 Å². The largest absolute Gasteiger partial charge is 0.476 e. The van der Waals surface area contributed by atoms with E-state index in [2.05, 4.69) is 5.32 Å². The van der Waals surface area contributed by atoms with Crippen LogP contribution in [0.2, 0.25) is 0 Å². The lowest BCUT2D eigenvalue weighted by atomic mass is 9.84. The van der Waals surface area contributed by atoms with Gasteiger partial charge in [0.2, 0.25) is 29.1 Å². The second-order valence-corrected chi connectivity index (χ2v) is 6.11. The molecule has 0 spiro atoms. The minimum atomic E-state index is -2.20. The van der Waals surface area contributed by atoms with Crippen molar-refractivity contribution < 1.29 is 26.7 Å². The van der Waals surface area contributed by atoms with Crippen LogP contribution >= 0.6 is 0 Å². The number of rotatable bonds is 3. The van der Waals surface area contributed by atoms with E-state index in [-0.39, 0.29) is 0 Å². The van der Waals surface area contributed by atoms with Gasteiger partial charge in [-0.2, -0.15) is 8.78 Å². The molecule has 0 atom stereocenters. The molecule has 2 aromatic carbocycles. The topological polar surface area (TPSA) is 21.3 Å². The number of ether oxygens (including phenoxy) is 1. The van der Waals surface area contributed by atoms with E-state index in [4.69, 9.17) is 4.74 Å². The minimum absolute atomic E-state index is 0.329. The maximum absolute atomic E-state index is 14.0. The molecule has 2 nitrogen and oxygen atoms in total. The van der Waals surface area contributed by atoms with Crippen LogP contribution in [0.4, 0.5) is 22.0 Å². The van der Waals surface area contributed by atoms with Crippen molar-refractivity contribution in [1.82, 2.24) is 5.32 Å². The molecule has 1 N–H and O–H groups in total. The van der Waals surface area contributed by atoms with Crippen LogP contribution in [0, 0.1) is 36.0 Å². The highest BCUT2D eigenvalue weighted by Crippen LogP contribution is 2.39. The summed E-state index contributed by atoms with van der Waals surface area (Å²) in [7, 11) is 0. The van der Waals surface area contributed by atoms with Crippen LogP contribution in [0.3, 0.4) is 0 Å². The summed E-state index contributed by atoms with van der Waals surface area (Å²) < 4.78 is 73.8. The van der Waals surface area contributed by atoms with Gasteiger partial charge in [0.15, 0.2) is 5.75 Å². The van der Waals surface area contributed by atoms with E-state index in [1.165, 1.54) is 0 Å². The first-order chi connectivity index (χ1) is 11.9. The molecule has 0 aliphatic carbocycles. The summed E-state index contributed by atoms with van der Waals surface area (Å²) in [6.45, 7) is 2.86. The van der Waals surface area contributed by atoms with E-state index in [1.807, 2.05) is 6.92 Å². The van der Waals surface area contributed by atoms with E-state index in [9.17, 15) is 22.0 Å². The number of nitrogens with one attached hydrogen (secondary N) is 1. The van der Waals surface area contributed by atoms with Crippen molar-refractivity contribution in [1.29, 1.82) is 0 Å². The summed E-state index contributed by atoms with van der Waals surface area (Å²) in [5.41, 5.74) is 0.435. The lowest BCUT2D eigenvalue weighted by molar-refractivity contribution is 0.0233. The summed E-state index contributed by atoms with van der Waals surface area (Å²) in [5, 5.41) is 3.09. The molecule has 25 heavy (non-hydrogen) atoms. The van der Waals surface area contributed by atoms with Gasteiger partial charge < -0.3 is 10.1 Å². The van der Waals surface area contributed by atoms with E-state index < -0.39 is 40.4 Å². The number of piperidine rings is 1. The zero-order valence-electron chi connectivity index (χ0n) is 13.4. The van der Waals surface area contributed by atoms with Gasteiger partial charge in [-0.15, -0.1) is 0 Å². The molecule has 0 amide bonds. The Morgan fingerprint density at radius 2 is 1.28 bits per heavy atom. The highest BCUT2D eigenvalue weighted by Gasteiger charge is 2.39. The predicted octanol–water partition coefficient (Wildman–Crippen LogP) is 4.35. The molecular weight excluding hydrogens is 341 g/mol. The van der Waals surface area contributed by atoms with Crippen molar-refractivity contribution in [3.05, 3.63) is 64.5 Å². The molecule has 1 saturated heterocycles. The molecule has 0 bridgehead atoms. The maximum atomic E-state index is 14.0. The third-order valence-corrected chi connectivity index (χ3v) is 4.46. The third-order valence-electron chi connectivity index (χ3n) is 4.46. The van der Waals surface area contributed by atoms with E-state index in [0.29, 0.717) is 31.5 Å². The molecule has 0 saturated carbocycles. The van der Waals surface area contributed by atoms with Crippen molar-refractivity contribution in [3.8, 4) is 5.75 Å². The van der Waals surface area contributed by atoms with E-state index >= 15 is 0 Å². The molecule has 7 heteroatoms. The average molecular weight is 357 g/mol. The Morgan fingerprint density at radius 1 is 0.800 bits per heavy atom. The van der Waals surface area contributed by atoms with Crippen LogP contribution in [0.5, 0.6) is 5.75 Å². The first-order valence-corrected chi connectivity index (χ1v) is 7.84. The lowest BCUT2D eigenvalue weighted by Gasteiger charge is -2.38. The van der Waals surface area contributed by atoms with Gasteiger partial charge in [-0.25, -0.2) is 13.2 Å². The normalized spacial score (nSPS) is 16.7. The van der Waals surface area contributed by atoms with Crippen molar-refractivity contribution >= 4 is 0 Å². The Hall–Kier alpha value is -2.15. The van der Waals surface area contributed by atoms with Gasteiger partial charge in [0.1, 0.15) is 5.60 Å². The second-order valence-electron chi connectivity index (χ2n) is 6.11. The van der Waals surface area contributed by atoms with Gasteiger partial charge in [0, 0.05) is 12.8 Å². The van der Waals surface area contributed by atoms with Crippen molar-refractivity contribution in [3.63, 3.8) is 0 Å². The van der Waals surface area contributed by atoms with Gasteiger partial charge in [-0.05, 0) is 25.6 Å². The quantitative estimate of drug-likeness (QED) is 0.501. The fourth-order valence-electron chi connectivity index (χ4n) is 3.01. The molecular formula is C18H16F5NO. The van der Waals surface area contributed by atoms with E-state index in [1.54, 1.807) is 24.3 Å². The molecule has 0 radical (unpaired) electrons. The number of aryl methyl sites for hydroxylation is 1. The summed E-state index contributed by atoms with van der Waals surface area (Å²) in [5.74, 6) is -11.4. The van der Waals surface area contributed by atoms with Crippen molar-refractivity contribution in [2.45, 2.75) is 25.4 Å². The Bertz CT molecular complexity index is 756. The Labute approximate surface area is 141 Å². The molecule has 0 aromatic heterocycles. The zero-order valence-corrected chi connectivity index (χ0v) is 13.4. The molecule has 3 rings (SSSR count). The van der Waals surface area contributed by atoms with Crippen LogP contribution in [0.15, 0.2) is 24.3 Å². The molecule has 1 aliphatic rings. The van der Waals surface area contributed by atoms with E-state index in [0.717, 1.165) is 5.56 Å². The van der Waals surface area contributed by atoms with Crippen LogP contribution < -0.4 is 10.1 Å². The fraction of sp³-hybridized carbons (Fsp3) is 0.333. The van der Waals surface area contributed by atoms with Gasteiger partial charge >= 0.3 is 0 Å². The first kappa shape index (κ1) is 17.7. The number of halogens is 5. The number of benzene rings is 2. The highest BCUT2D eigenvalue weighted by atomic mass is 19.2. The molecule has 1 heterocycles. The Kier molecular flexibility index (Phi) is 4.69. The first-order valence-electron chi connectivity index (χ1n) is 7.84. The summed E-state index contributed by atoms with van der Waals surface area (Å²) in [6.07, 6.45) is 0.658. The predicted molar refractivity (Wildman–Crippen MR) is 81.8 cm³/mol. The van der Waals surface area contributed by atoms with Gasteiger partial charge in [0.05, 0.1) is 0 Å². The second kappa shape index (κ2) is 6.63. The standard InChI is InChI=1S/C18H16F5NO/c1-10-2-4-11(5-3-10)18(6-8-24-9-7-18)25-17-15(22)13(20)12(19)14(21)16(17)23/h2-5,24H,6-9H2,1H3. The lowest BCUT2D eigenvalue weighted by Crippen LogP contribution is -2.44. The third kappa shape index (κ3) is 3.08. The molecule has 2 aromatic rings. The molecule has 0 unspecified atom stereocenters. The minimum Gasteiger partial charge on any atom is -0.476 e. The number of hydrogen-bond donors (Lipinski definition) is 1. The zero-order chi connectivity index (χ0) is 18.2. The van der Waals surface area contributed by atoms with Gasteiger partial charge in [-0.1, -0.05) is 29.8 Å². The molecule has 1 fully saturated rings. The smallest absolute Gasteiger partial charge is 0.207 e. The SMILES string of the molecule is Cc1ccc(C2(Oc3c(F)c(F)c(F)c(F)c3F)CCNCC2)cc1. The van der Waals surface area contributed by atoms with Crippen LogP contribution in [0.1, 0.15) is 24.0 Å².